The molecule has 1 fully saturated rings. The Morgan fingerprint density at radius 1 is 1.43 bits per heavy atom. The van der Waals surface area contributed by atoms with Crippen LogP contribution in [0, 0.1) is 19.8 Å². The fourth-order valence-corrected chi connectivity index (χ4v) is 3.09. The van der Waals surface area contributed by atoms with Crippen LogP contribution in [0.15, 0.2) is 15.5 Å². The van der Waals surface area contributed by atoms with E-state index < -0.39 is 5.60 Å². The predicted octanol–water partition coefficient (Wildman–Crippen LogP) is 2.85. The first-order valence-electron chi connectivity index (χ1n) is 8.72. The molecule has 3 atom stereocenters. The van der Waals surface area contributed by atoms with E-state index in [4.69, 9.17) is 4.42 Å². The van der Waals surface area contributed by atoms with Crippen LogP contribution in [0.4, 0.5) is 0 Å². The smallest absolute Gasteiger partial charge is 0.191 e. The van der Waals surface area contributed by atoms with Crippen molar-refractivity contribution in [3.05, 3.63) is 23.2 Å². The maximum atomic E-state index is 10.8. The Bertz CT molecular complexity index is 548. The summed E-state index contributed by atoms with van der Waals surface area (Å²) < 4.78 is 5.53. The van der Waals surface area contributed by atoms with Crippen LogP contribution in [0.5, 0.6) is 0 Å². The SMILES string of the molecule is CCCC1CC1NC(=NCC(C)(O)c1cc(C)oc1C)NCC. The van der Waals surface area contributed by atoms with E-state index in [2.05, 4.69) is 29.5 Å². The Morgan fingerprint density at radius 2 is 2.17 bits per heavy atom. The molecule has 0 aromatic carbocycles. The lowest BCUT2D eigenvalue weighted by molar-refractivity contribution is 0.0657. The van der Waals surface area contributed by atoms with Crippen LogP contribution >= 0.6 is 0 Å². The third-order valence-electron chi connectivity index (χ3n) is 4.41. The van der Waals surface area contributed by atoms with E-state index >= 15 is 0 Å². The van der Waals surface area contributed by atoms with E-state index in [1.54, 1.807) is 6.92 Å². The Kier molecular flexibility index (Phi) is 5.74. The first-order valence-corrected chi connectivity index (χ1v) is 8.72. The van der Waals surface area contributed by atoms with Crippen molar-refractivity contribution >= 4 is 5.96 Å². The zero-order valence-electron chi connectivity index (χ0n) is 15.1. The lowest BCUT2D eigenvalue weighted by Crippen LogP contribution is -2.40. The molecular formula is C18H31N3O2. The van der Waals surface area contributed by atoms with Crippen LogP contribution in [0.2, 0.25) is 0 Å². The third kappa shape index (κ3) is 4.74. The van der Waals surface area contributed by atoms with Gasteiger partial charge in [0, 0.05) is 18.2 Å². The second-order valence-electron chi connectivity index (χ2n) is 6.83. The molecule has 23 heavy (non-hydrogen) atoms. The molecule has 2 rings (SSSR count). The maximum Gasteiger partial charge on any atom is 0.191 e. The molecule has 0 saturated heterocycles. The molecule has 1 heterocycles. The second kappa shape index (κ2) is 7.39. The molecule has 130 valence electrons. The first-order chi connectivity index (χ1) is 10.9. The number of nitrogens with zero attached hydrogens (tertiary/aromatic N) is 1. The van der Waals surface area contributed by atoms with E-state index in [0.29, 0.717) is 12.6 Å². The van der Waals surface area contributed by atoms with E-state index in [1.165, 1.54) is 19.3 Å². The molecule has 3 N–H and O–H groups in total. The minimum atomic E-state index is -1.03. The zero-order chi connectivity index (χ0) is 17.0. The summed E-state index contributed by atoms with van der Waals surface area (Å²) in [5.74, 6) is 3.12. The highest BCUT2D eigenvalue weighted by Gasteiger charge is 2.36. The van der Waals surface area contributed by atoms with Gasteiger partial charge in [0.1, 0.15) is 17.1 Å². The fraction of sp³-hybridized carbons (Fsp3) is 0.722. The minimum absolute atomic E-state index is 0.299. The van der Waals surface area contributed by atoms with Crippen molar-refractivity contribution in [3.63, 3.8) is 0 Å². The van der Waals surface area contributed by atoms with Crippen molar-refractivity contribution in [2.24, 2.45) is 10.9 Å². The van der Waals surface area contributed by atoms with Gasteiger partial charge >= 0.3 is 0 Å². The molecule has 1 aliphatic rings. The highest BCUT2D eigenvalue weighted by molar-refractivity contribution is 5.80. The van der Waals surface area contributed by atoms with Crippen molar-refractivity contribution in [1.82, 2.24) is 10.6 Å². The van der Waals surface area contributed by atoms with E-state index in [0.717, 1.165) is 35.5 Å². The lowest BCUT2D eigenvalue weighted by atomic mass is 9.96. The molecule has 1 aromatic rings. The molecule has 0 amide bonds. The quantitative estimate of drug-likeness (QED) is 0.533. The summed E-state index contributed by atoms with van der Waals surface area (Å²) in [7, 11) is 0. The molecule has 0 radical (unpaired) electrons. The van der Waals surface area contributed by atoms with Gasteiger partial charge in [-0.05, 0) is 52.5 Å². The van der Waals surface area contributed by atoms with Crippen LogP contribution in [-0.2, 0) is 5.60 Å². The highest BCUT2D eigenvalue weighted by atomic mass is 16.3. The number of aryl methyl sites for hydroxylation is 2. The summed E-state index contributed by atoms with van der Waals surface area (Å²) in [5, 5.41) is 17.5. The van der Waals surface area contributed by atoms with Gasteiger partial charge in [0.15, 0.2) is 5.96 Å². The third-order valence-corrected chi connectivity index (χ3v) is 4.41. The maximum absolute atomic E-state index is 10.8. The molecule has 0 spiro atoms. The van der Waals surface area contributed by atoms with Gasteiger partial charge in [-0.15, -0.1) is 0 Å². The van der Waals surface area contributed by atoms with Crippen LogP contribution in [0.25, 0.3) is 0 Å². The number of aliphatic imine (C=N–C) groups is 1. The van der Waals surface area contributed by atoms with E-state index in [9.17, 15) is 5.11 Å². The monoisotopic (exact) mass is 321 g/mol. The Morgan fingerprint density at radius 3 is 2.74 bits per heavy atom. The Labute approximate surface area is 139 Å². The summed E-state index contributed by atoms with van der Waals surface area (Å²) >= 11 is 0. The summed E-state index contributed by atoms with van der Waals surface area (Å²) in [5.41, 5.74) is -0.221. The predicted molar refractivity (Wildman–Crippen MR) is 93.7 cm³/mol. The Hall–Kier alpha value is -1.49. The molecule has 0 bridgehead atoms. The van der Waals surface area contributed by atoms with Gasteiger partial charge in [0.2, 0.25) is 0 Å². The molecule has 1 saturated carbocycles. The van der Waals surface area contributed by atoms with Gasteiger partial charge in [-0.25, -0.2) is 4.99 Å². The summed E-state index contributed by atoms with van der Waals surface area (Å²) in [6.07, 6.45) is 3.71. The van der Waals surface area contributed by atoms with Gasteiger partial charge in [-0.3, -0.25) is 0 Å². The van der Waals surface area contributed by atoms with Crippen LogP contribution in [-0.4, -0.2) is 30.2 Å². The van der Waals surface area contributed by atoms with Gasteiger partial charge < -0.3 is 20.2 Å². The fourth-order valence-electron chi connectivity index (χ4n) is 3.09. The summed E-state index contributed by atoms with van der Waals surface area (Å²) in [4.78, 5) is 4.59. The van der Waals surface area contributed by atoms with E-state index in [1.807, 2.05) is 19.9 Å². The van der Waals surface area contributed by atoms with E-state index in [-0.39, 0.29) is 0 Å². The first kappa shape index (κ1) is 17.9. The number of furan rings is 1. The normalized spacial score (nSPS) is 23.5. The summed E-state index contributed by atoms with van der Waals surface area (Å²) in [6, 6.07) is 2.42. The lowest BCUT2D eigenvalue weighted by Gasteiger charge is -2.21. The number of guanidine groups is 1. The number of hydrogen-bond acceptors (Lipinski definition) is 3. The van der Waals surface area contributed by atoms with Crippen LogP contribution in [0.3, 0.4) is 0 Å². The van der Waals surface area contributed by atoms with Crippen molar-refractivity contribution in [2.75, 3.05) is 13.1 Å². The highest BCUT2D eigenvalue weighted by Crippen LogP contribution is 2.34. The van der Waals surface area contributed by atoms with Gasteiger partial charge in [-0.1, -0.05) is 13.3 Å². The minimum Gasteiger partial charge on any atom is -0.466 e. The van der Waals surface area contributed by atoms with Crippen LogP contribution < -0.4 is 10.6 Å². The summed E-state index contributed by atoms with van der Waals surface area (Å²) in [6.45, 7) is 10.9. The largest absolute Gasteiger partial charge is 0.466 e. The van der Waals surface area contributed by atoms with Crippen molar-refractivity contribution in [3.8, 4) is 0 Å². The number of nitrogens with one attached hydrogen (secondary N) is 2. The molecular weight excluding hydrogens is 290 g/mol. The number of rotatable bonds is 7. The average molecular weight is 321 g/mol. The van der Waals surface area contributed by atoms with Gasteiger partial charge in [-0.2, -0.15) is 0 Å². The van der Waals surface area contributed by atoms with Crippen molar-refractivity contribution in [2.45, 2.75) is 65.5 Å². The molecule has 0 aliphatic heterocycles. The Balaban J connectivity index is 2.00. The number of aliphatic hydroxyl groups is 1. The van der Waals surface area contributed by atoms with Gasteiger partial charge in [0.05, 0.1) is 6.54 Å². The molecule has 3 unspecified atom stereocenters. The molecule has 5 nitrogen and oxygen atoms in total. The standard InChI is InChI=1S/C18H31N3O2/c1-6-8-14-10-16(14)21-17(19-7-2)20-11-18(5,22)15-9-12(3)23-13(15)4/h9,14,16,22H,6-8,10-11H2,1-5H3,(H2,19,20,21). The molecule has 5 heteroatoms. The van der Waals surface area contributed by atoms with Crippen molar-refractivity contribution in [1.29, 1.82) is 0 Å². The topological polar surface area (TPSA) is 69.8 Å². The second-order valence-corrected chi connectivity index (χ2v) is 6.83. The van der Waals surface area contributed by atoms with Gasteiger partial charge in [0.25, 0.3) is 0 Å². The van der Waals surface area contributed by atoms with Crippen molar-refractivity contribution < 1.29 is 9.52 Å². The van der Waals surface area contributed by atoms with Crippen LogP contribution in [0.1, 0.15) is 57.1 Å². The number of hydrogen-bond donors (Lipinski definition) is 3. The molecule has 1 aromatic heterocycles. The average Bonchev–Trinajstić information content (AvgIpc) is 3.10. The molecule has 1 aliphatic carbocycles. The zero-order valence-corrected chi connectivity index (χ0v) is 15.1.